The van der Waals surface area contributed by atoms with Crippen LogP contribution in [0.25, 0.3) is 11.0 Å². The molecule has 4 heteroatoms. The maximum absolute atomic E-state index is 5.45. The van der Waals surface area contributed by atoms with Crippen LogP contribution in [0.5, 0.6) is 0 Å². The van der Waals surface area contributed by atoms with Crippen LogP contribution in [0.2, 0.25) is 0 Å². The average molecular weight is 191 g/mol. The highest BCUT2D eigenvalue weighted by molar-refractivity contribution is 5.73. The minimum Gasteiger partial charge on any atom is -0.357 e. The fourth-order valence-electron chi connectivity index (χ4n) is 1.23. The van der Waals surface area contributed by atoms with E-state index in [1.807, 2.05) is 38.1 Å². The first-order valence-corrected chi connectivity index (χ1v) is 4.67. The predicted molar refractivity (Wildman–Crippen MR) is 53.7 cm³/mol. The maximum atomic E-state index is 5.45. The topological polar surface area (TPSA) is 39.9 Å². The van der Waals surface area contributed by atoms with Gasteiger partial charge in [-0.15, -0.1) is 5.10 Å². The number of hydrogen-bond acceptors (Lipinski definition) is 3. The first-order valence-electron chi connectivity index (χ1n) is 4.67. The molecule has 14 heavy (non-hydrogen) atoms. The van der Waals surface area contributed by atoms with E-state index in [2.05, 4.69) is 10.3 Å². The van der Waals surface area contributed by atoms with Gasteiger partial charge in [-0.1, -0.05) is 17.3 Å². The SMILES string of the molecule is CC(C)OCn1nnc2ccccc21. The highest BCUT2D eigenvalue weighted by Gasteiger charge is 2.03. The smallest absolute Gasteiger partial charge is 0.142 e. The summed E-state index contributed by atoms with van der Waals surface area (Å²) in [5.74, 6) is 0. The molecule has 0 saturated carbocycles. The molecule has 1 heterocycles. The van der Waals surface area contributed by atoms with E-state index in [0.29, 0.717) is 6.73 Å². The zero-order valence-corrected chi connectivity index (χ0v) is 8.34. The van der Waals surface area contributed by atoms with Crippen molar-refractivity contribution in [1.29, 1.82) is 0 Å². The van der Waals surface area contributed by atoms with Crippen molar-refractivity contribution < 1.29 is 4.74 Å². The van der Waals surface area contributed by atoms with Gasteiger partial charge in [0.1, 0.15) is 12.2 Å². The van der Waals surface area contributed by atoms with Gasteiger partial charge >= 0.3 is 0 Å². The van der Waals surface area contributed by atoms with Crippen LogP contribution in [0.15, 0.2) is 24.3 Å². The Bertz CT molecular complexity index is 422. The lowest BCUT2D eigenvalue weighted by molar-refractivity contribution is 0.0235. The molecule has 0 amide bonds. The highest BCUT2D eigenvalue weighted by atomic mass is 16.5. The third kappa shape index (κ3) is 1.75. The molecule has 2 rings (SSSR count). The molecule has 1 aromatic heterocycles. The van der Waals surface area contributed by atoms with Gasteiger partial charge in [-0.05, 0) is 26.0 Å². The molecule has 0 unspecified atom stereocenters. The molecule has 0 aliphatic heterocycles. The molecule has 1 aromatic carbocycles. The van der Waals surface area contributed by atoms with Gasteiger partial charge in [0.15, 0.2) is 0 Å². The van der Waals surface area contributed by atoms with E-state index in [1.54, 1.807) is 4.68 Å². The molecule has 4 nitrogen and oxygen atoms in total. The maximum Gasteiger partial charge on any atom is 0.142 e. The Labute approximate surface area is 82.5 Å². The van der Waals surface area contributed by atoms with E-state index in [1.165, 1.54) is 0 Å². The van der Waals surface area contributed by atoms with Gasteiger partial charge in [-0.2, -0.15) is 0 Å². The second-order valence-corrected chi connectivity index (χ2v) is 3.42. The lowest BCUT2D eigenvalue weighted by atomic mass is 10.3. The van der Waals surface area contributed by atoms with Crippen molar-refractivity contribution in [2.24, 2.45) is 0 Å². The average Bonchev–Trinajstić information content (AvgIpc) is 2.58. The summed E-state index contributed by atoms with van der Waals surface area (Å²) in [5.41, 5.74) is 1.91. The minimum atomic E-state index is 0.206. The van der Waals surface area contributed by atoms with Crippen LogP contribution >= 0.6 is 0 Å². The third-order valence-corrected chi connectivity index (χ3v) is 1.95. The standard InChI is InChI=1S/C10H13N3O/c1-8(2)14-7-13-10-6-4-3-5-9(10)11-12-13/h3-6,8H,7H2,1-2H3. The van der Waals surface area contributed by atoms with Crippen molar-refractivity contribution in [2.75, 3.05) is 0 Å². The normalized spacial score (nSPS) is 11.4. The van der Waals surface area contributed by atoms with Crippen LogP contribution < -0.4 is 0 Å². The van der Waals surface area contributed by atoms with Crippen molar-refractivity contribution in [1.82, 2.24) is 15.0 Å². The lowest BCUT2D eigenvalue weighted by Crippen LogP contribution is -2.09. The number of nitrogens with zero attached hydrogens (tertiary/aromatic N) is 3. The van der Waals surface area contributed by atoms with Gasteiger partial charge in [-0.3, -0.25) is 0 Å². The second-order valence-electron chi connectivity index (χ2n) is 3.42. The summed E-state index contributed by atoms with van der Waals surface area (Å²) < 4.78 is 7.21. The third-order valence-electron chi connectivity index (χ3n) is 1.95. The number of rotatable bonds is 3. The van der Waals surface area contributed by atoms with Crippen molar-refractivity contribution in [3.8, 4) is 0 Å². The summed E-state index contributed by atoms with van der Waals surface area (Å²) in [6.45, 7) is 4.45. The molecule has 0 N–H and O–H groups in total. The molecular weight excluding hydrogens is 178 g/mol. The fourth-order valence-corrected chi connectivity index (χ4v) is 1.23. The van der Waals surface area contributed by atoms with E-state index >= 15 is 0 Å². The molecular formula is C10H13N3O. The summed E-state index contributed by atoms with van der Waals surface area (Å²) in [7, 11) is 0. The van der Waals surface area contributed by atoms with Crippen molar-refractivity contribution >= 4 is 11.0 Å². The number of hydrogen-bond donors (Lipinski definition) is 0. The Hall–Kier alpha value is -1.42. The van der Waals surface area contributed by atoms with Crippen LogP contribution in [0.1, 0.15) is 13.8 Å². The first kappa shape index (κ1) is 9.15. The van der Waals surface area contributed by atoms with Crippen LogP contribution in [-0.2, 0) is 11.5 Å². The molecule has 0 atom stereocenters. The Balaban J connectivity index is 2.25. The summed E-state index contributed by atoms with van der Waals surface area (Å²) >= 11 is 0. The Morgan fingerprint density at radius 1 is 1.36 bits per heavy atom. The number of aromatic nitrogens is 3. The van der Waals surface area contributed by atoms with Gasteiger partial charge in [0.2, 0.25) is 0 Å². The Kier molecular flexibility index (Phi) is 2.45. The molecule has 74 valence electrons. The van der Waals surface area contributed by atoms with E-state index in [9.17, 15) is 0 Å². The molecule has 2 aromatic rings. The van der Waals surface area contributed by atoms with Crippen LogP contribution in [0, 0.1) is 0 Å². The summed E-state index contributed by atoms with van der Waals surface area (Å²) in [6.07, 6.45) is 0.206. The Morgan fingerprint density at radius 2 is 2.14 bits per heavy atom. The Morgan fingerprint density at radius 3 is 2.93 bits per heavy atom. The van der Waals surface area contributed by atoms with Gasteiger partial charge in [0.05, 0.1) is 11.6 Å². The van der Waals surface area contributed by atoms with E-state index < -0.39 is 0 Å². The van der Waals surface area contributed by atoms with Crippen LogP contribution in [-0.4, -0.2) is 21.1 Å². The van der Waals surface area contributed by atoms with Crippen LogP contribution in [0.3, 0.4) is 0 Å². The molecule has 0 radical (unpaired) electrons. The monoisotopic (exact) mass is 191 g/mol. The zero-order valence-electron chi connectivity index (χ0n) is 8.34. The number of benzene rings is 1. The molecule has 0 aliphatic rings. The van der Waals surface area contributed by atoms with E-state index in [0.717, 1.165) is 11.0 Å². The quantitative estimate of drug-likeness (QED) is 0.742. The molecule has 0 saturated heterocycles. The van der Waals surface area contributed by atoms with Crippen LogP contribution in [0.4, 0.5) is 0 Å². The summed E-state index contributed by atoms with van der Waals surface area (Å²) in [5, 5.41) is 8.04. The van der Waals surface area contributed by atoms with Gasteiger partial charge in [0, 0.05) is 0 Å². The number of ether oxygens (including phenoxy) is 1. The van der Waals surface area contributed by atoms with Crippen molar-refractivity contribution in [2.45, 2.75) is 26.7 Å². The first-order chi connectivity index (χ1) is 6.77. The highest BCUT2D eigenvalue weighted by Crippen LogP contribution is 2.09. The molecule has 0 aliphatic carbocycles. The van der Waals surface area contributed by atoms with Crippen molar-refractivity contribution in [3.05, 3.63) is 24.3 Å². The summed E-state index contributed by atoms with van der Waals surface area (Å²) in [6, 6.07) is 7.84. The van der Waals surface area contributed by atoms with E-state index in [4.69, 9.17) is 4.74 Å². The fraction of sp³-hybridized carbons (Fsp3) is 0.400. The second kappa shape index (κ2) is 3.75. The van der Waals surface area contributed by atoms with E-state index in [-0.39, 0.29) is 6.10 Å². The van der Waals surface area contributed by atoms with Gasteiger partial charge in [0.25, 0.3) is 0 Å². The lowest BCUT2D eigenvalue weighted by Gasteiger charge is -2.06. The molecule has 0 fully saturated rings. The van der Waals surface area contributed by atoms with Gasteiger partial charge < -0.3 is 4.74 Å². The largest absolute Gasteiger partial charge is 0.357 e. The molecule has 0 bridgehead atoms. The minimum absolute atomic E-state index is 0.206. The molecule has 0 spiro atoms. The van der Waals surface area contributed by atoms with Gasteiger partial charge in [-0.25, -0.2) is 4.68 Å². The zero-order chi connectivity index (χ0) is 9.97. The summed E-state index contributed by atoms with van der Waals surface area (Å²) in [4.78, 5) is 0. The number of fused-ring (bicyclic) bond motifs is 1. The van der Waals surface area contributed by atoms with Crippen molar-refractivity contribution in [3.63, 3.8) is 0 Å². The number of para-hydroxylation sites is 1. The predicted octanol–water partition coefficient (Wildman–Crippen LogP) is 1.81.